The Labute approximate surface area is 212 Å². The Morgan fingerprint density at radius 2 is 1.89 bits per heavy atom. The van der Waals surface area contributed by atoms with Gasteiger partial charge in [-0.15, -0.1) is 10.2 Å². The predicted molar refractivity (Wildman–Crippen MR) is 135 cm³/mol. The number of anilines is 1. The van der Waals surface area contributed by atoms with Gasteiger partial charge in [0.1, 0.15) is 29.3 Å². The van der Waals surface area contributed by atoms with Crippen LogP contribution in [0.4, 0.5) is 14.3 Å². The van der Waals surface area contributed by atoms with Crippen LogP contribution in [0.5, 0.6) is 5.75 Å². The minimum absolute atomic E-state index is 0.0146. The van der Waals surface area contributed by atoms with Crippen molar-refractivity contribution in [3.8, 4) is 16.3 Å². The van der Waals surface area contributed by atoms with E-state index in [-0.39, 0.29) is 18.7 Å². The van der Waals surface area contributed by atoms with Crippen LogP contribution in [0.15, 0.2) is 36.4 Å². The molecule has 3 aromatic rings. The summed E-state index contributed by atoms with van der Waals surface area (Å²) in [6.45, 7) is 5.89. The lowest BCUT2D eigenvalue weighted by Crippen LogP contribution is -2.34. The van der Waals surface area contributed by atoms with Gasteiger partial charge < -0.3 is 20.3 Å². The molecular weight excluding hydrogens is 487 g/mol. The van der Waals surface area contributed by atoms with Crippen molar-refractivity contribution in [1.29, 1.82) is 0 Å². The number of nitrogens with one attached hydrogen (secondary N) is 1. The molecule has 0 saturated carbocycles. The molecule has 0 spiro atoms. The van der Waals surface area contributed by atoms with Gasteiger partial charge in [0.15, 0.2) is 0 Å². The van der Waals surface area contributed by atoms with E-state index in [1.54, 1.807) is 6.07 Å². The number of benzene rings is 2. The van der Waals surface area contributed by atoms with Crippen LogP contribution in [0.3, 0.4) is 0 Å². The van der Waals surface area contributed by atoms with Crippen molar-refractivity contribution in [1.82, 2.24) is 15.5 Å². The van der Waals surface area contributed by atoms with Gasteiger partial charge >= 0.3 is 6.09 Å². The minimum atomic E-state index is -1.22. The van der Waals surface area contributed by atoms with Gasteiger partial charge in [0, 0.05) is 12.1 Å². The summed E-state index contributed by atoms with van der Waals surface area (Å²) < 4.78 is 20.0. The first-order valence-electron chi connectivity index (χ1n) is 11.5. The number of rotatable bonds is 11. The number of halogens is 1. The zero-order valence-corrected chi connectivity index (χ0v) is 21.1. The molecule has 1 unspecified atom stereocenters. The topological polar surface area (TPSA) is 125 Å². The minimum Gasteiger partial charge on any atom is -0.490 e. The number of carboxylic acid groups (broad SMARTS) is 1. The molecule has 3 rings (SSSR count). The molecule has 3 N–H and O–H groups in total. The fourth-order valence-electron chi connectivity index (χ4n) is 3.57. The van der Waals surface area contributed by atoms with Gasteiger partial charge in [-0.3, -0.25) is 9.69 Å². The second kappa shape index (κ2) is 12.4. The number of aromatic nitrogens is 2. The number of aryl methyl sites for hydroxylation is 2. The number of unbranched alkanes of at least 4 members (excludes halogenated alkanes) is 1. The summed E-state index contributed by atoms with van der Waals surface area (Å²) in [5.41, 5.74) is 2.36. The molecule has 36 heavy (non-hydrogen) atoms. The third kappa shape index (κ3) is 6.76. The fraction of sp³-hybridized carbons (Fsp3) is 0.360. The SMILES string of the molecule is CCCCN(C(=O)c1ccccc1F)c1nnc(-c2cc(C)c(OCC(O)CNC(=O)O)c(C)c2)s1. The summed E-state index contributed by atoms with van der Waals surface area (Å²) in [5, 5.41) is 30.2. The van der Waals surface area contributed by atoms with E-state index in [0.29, 0.717) is 22.4 Å². The van der Waals surface area contributed by atoms with Crippen LogP contribution in [0.2, 0.25) is 0 Å². The molecule has 0 aliphatic rings. The molecule has 2 aromatic carbocycles. The fourth-order valence-corrected chi connectivity index (χ4v) is 4.42. The molecule has 9 nitrogen and oxygen atoms in total. The van der Waals surface area contributed by atoms with Crippen molar-refractivity contribution in [2.24, 2.45) is 0 Å². The van der Waals surface area contributed by atoms with Gasteiger partial charge in [-0.1, -0.05) is 36.8 Å². The molecule has 0 aliphatic carbocycles. The number of aliphatic hydroxyl groups is 1. The lowest BCUT2D eigenvalue weighted by Gasteiger charge is -2.19. The van der Waals surface area contributed by atoms with Crippen LogP contribution >= 0.6 is 11.3 Å². The second-order valence-electron chi connectivity index (χ2n) is 8.27. The third-order valence-electron chi connectivity index (χ3n) is 5.35. The van der Waals surface area contributed by atoms with Gasteiger partial charge in [-0.2, -0.15) is 0 Å². The van der Waals surface area contributed by atoms with E-state index in [1.165, 1.54) is 34.4 Å². The first kappa shape index (κ1) is 27.0. The molecule has 1 atom stereocenters. The van der Waals surface area contributed by atoms with E-state index in [2.05, 4.69) is 15.5 Å². The average molecular weight is 517 g/mol. The maximum absolute atomic E-state index is 14.3. The number of aliphatic hydroxyl groups excluding tert-OH is 1. The molecule has 0 bridgehead atoms. The highest BCUT2D eigenvalue weighted by atomic mass is 32.1. The van der Waals surface area contributed by atoms with Crippen molar-refractivity contribution in [3.63, 3.8) is 0 Å². The van der Waals surface area contributed by atoms with Crippen molar-refractivity contribution in [2.45, 2.75) is 39.7 Å². The molecule has 1 aromatic heterocycles. The van der Waals surface area contributed by atoms with Crippen molar-refractivity contribution < 1.29 is 28.9 Å². The van der Waals surface area contributed by atoms with Crippen LogP contribution < -0.4 is 15.0 Å². The predicted octanol–water partition coefficient (Wildman–Crippen LogP) is 4.42. The maximum atomic E-state index is 14.3. The summed E-state index contributed by atoms with van der Waals surface area (Å²) in [4.78, 5) is 25.2. The number of ether oxygens (including phenoxy) is 1. The summed E-state index contributed by atoms with van der Waals surface area (Å²) in [7, 11) is 0. The number of hydrogen-bond acceptors (Lipinski definition) is 7. The molecule has 0 fully saturated rings. The summed E-state index contributed by atoms with van der Waals surface area (Å²) >= 11 is 1.24. The number of hydrogen-bond donors (Lipinski definition) is 3. The van der Waals surface area contributed by atoms with Crippen LogP contribution in [-0.2, 0) is 0 Å². The van der Waals surface area contributed by atoms with E-state index in [9.17, 15) is 19.1 Å². The molecular formula is C25H29FN4O5S. The first-order valence-corrected chi connectivity index (χ1v) is 12.3. The Hall–Kier alpha value is -3.57. The molecule has 192 valence electrons. The van der Waals surface area contributed by atoms with Crippen molar-refractivity contribution in [3.05, 3.63) is 58.9 Å². The number of nitrogens with zero attached hydrogens (tertiary/aromatic N) is 3. The van der Waals surface area contributed by atoms with E-state index >= 15 is 0 Å². The molecule has 0 saturated heterocycles. The van der Waals surface area contributed by atoms with Crippen molar-refractivity contribution in [2.75, 3.05) is 24.6 Å². The lowest BCUT2D eigenvalue weighted by atomic mass is 10.1. The monoisotopic (exact) mass is 516 g/mol. The normalized spacial score (nSPS) is 11.7. The zero-order valence-electron chi connectivity index (χ0n) is 20.3. The molecule has 2 amide bonds. The smallest absolute Gasteiger partial charge is 0.404 e. The quantitative estimate of drug-likeness (QED) is 0.345. The Balaban J connectivity index is 1.81. The summed E-state index contributed by atoms with van der Waals surface area (Å²) in [5.74, 6) is -0.465. The second-order valence-corrected chi connectivity index (χ2v) is 9.23. The van der Waals surface area contributed by atoms with Gasteiger partial charge in [0.05, 0.1) is 12.1 Å². The zero-order chi connectivity index (χ0) is 26.2. The highest BCUT2D eigenvalue weighted by Crippen LogP contribution is 2.34. The number of carbonyl (C=O) groups is 2. The lowest BCUT2D eigenvalue weighted by molar-refractivity contribution is 0.0982. The molecule has 11 heteroatoms. The Morgan fingerprint density at radius 1 is 1.19 bits per heavy atom. The van der Waals surface area contributed by atoms with Gasteiger partial charge in [0.2, 0.25) is 5.13 Å². The third-order valence-corrected chi connectivity index (χ3v) is 6.34. The number of amides is 2. The largest absolute Gasteiger partial charge is 0.490 e. The van der Waals surface area contributed by atoms with Crippen LogP contribution in [0.1, 0.15) is 41.3 Å². The molecule has 1 heterocycles. The standard InChI is InChI=1S/C25H29FN4O5S/c1-4-5-10-30(23(32)19-8-6-7-9-20(19)26)24-29-28-22(36-24)17-11-15(2)21(16(3)12-17)35-14-18(31)13-27-25(33)34/h6-9,11-12,18,27,31H,4-5,10,13-14H2,1-3H3,(H,33,34). The van der Waals surface area contributed by atoms with Crippen molar-refractivity contribution >= 4 is 28.5 Å². The summed E-state index contributed by atoms with van der Waals surface area (Å²) in [6, 6.07) is 9.60. The number of carbonyl (C=O) groups excluding carboxylic acids is 1. The van der Waals surface area contributed by atoms with E-state index in [4.69, 9.17) is 9.84 Å². The van der Waals surface area contributed by atoms with Crippen LogP contribution in [-0.4, -0.2) is 58.2 Å². The van der Waals surface area contributed by atoms with Gasteiger partial charge in [-0.05, 0) is 55.7 Å². The average Bonchev–Trinajstić information content (AvgIpc) is 3.32. The first-order chi connectivity index (χ1) is 17.2. The van der Waals surface area contributed by atoms with Crippen LogP contribution in [0, 0.1) is 19.7 Å². The Kier molecular flexibility index (Phi) is 9.31. The van der Waals surface area contributed by atoms with Gasteiger partial charge in [-0.25, -0.2) is 9.18 Å². The Bertz CT molecular complexity index is 1200. The summed E-state index contributed by atoms with van der Waals surface area (Å²) in [6.07, 6.45) is -0.627. The van der Waals surface area contributed by atoms with Crippen LogP contribution in [0.25, 0.3) is 10.6 Å². The maximum Gasteiger partial charge on any atom is 0.404 e. The Morgan fingerprint density at radius 3 is 2.53 bits per heavy atom. The highest BCUT2D eigenvalue weighted by molar-refractivity contribution is 7.18. The molecule has 0 radical (unpaired) electrons. The van der Waals surface area contributed by atoms with E-state index in [1.807, 2.05) is 32.9 Å². The van der Waals surface area contributed by atoms with Gasteiger partial charge in [0.25, 0.3) is 5.91 Å². The molecule has 0 aliphatic heterocycles. The van der Waals surface area contributed by atoms with E-state index < -0.39 is 23.9 Å². The van der Waals surface area contributed by atoms with E-state index in [0.717, 1.165) is 29.5 Å². The highest BCUT2D eigenvalue weighted by Gasteiger charge is 2.24.